The van der Waals surface area contributed by atoms with Gasteiger partial charge < -0.3 is 15.0 Å². The lowest BCUT2D eigenvalue weighted by Gasteiger charge is -2.19. The summed E-state index contributed by atoms with van der Waals surface area (Å²) in [5.74, 6) is -0.452. The number of pyridine rings is 1. The van der Waals surface area contributed by atoms with Crippen LogP contribution >= 0.6 is 0 Å². The van der Waals surface area contributed by atoms with E-state index >= 15 is 0 Å². The second-order valence-corrected chi connectivity index (χ2v) is 7.91. The first-order valence-corrected chi connectivity index (χ1v) is 10.5. The fourth-order valence-electron chi connectivity index (χ4n) is 4.04. The Bertz CT molecular complexity index is 1140. The summed E-state index contributed by atoms with van der Waals surface area (Å²) in [5.41, 5.74) is 4.55. The van der Waals surface area contributed by atoms with Gasteiger partial charge in [0, 0.05) is 26.3 Å². The van der Waals surface area contributed by atoms with Crippen LogP contribution in [0.2, 0.25) is 0 Å². The molecular weight excluding hydrogens is 394 g/mol. The molecule has 0 radical (unpaired) electrons. The maximum Gasteiger partial charge on any atom is 0.341 e. The van der Waals surface area contributed by atoms with Crippen LogP contribution in [0.4, 0.5) is 5.69 Å². The lowest BCUT2D eigenvalue weighted by atomic mass is 10.1. The van der Waals surface area contributed by atoms with E-state index in [1.165, 1.54) is 11.8 Å². The Morgan fingerprint density at radius 2 is 2.00 bits per heavy atom. The Morgan fingerprint density at radius 3 is 2.71 bits per heavy atom. The van der Waals surface area contributed by atoms with E-state index in [1.807, 2.05) is 30.9 Å². The number of amides is 1. The molecule has 1 N–H and O–H groups in total. The molecule has 1 unspecified atom stereocenters. The second-order valence-electron chi connectivity index (χ2n) is 7.91. The van der Waals surface area contributed by atoms with Crippen molar-refractivity contribution < 1.29 is 14.3 Å². The molecule has 4 rings (SSSR count). The number of carbonyl (C=O) groups is 2. The maximum absolute atomic E-state index is 13.1. The Balaban J connectivity index is 1.63. The molecule has 0 saturated carbocycles. The van der Waals surface area contributed by atoms with Crippen molar-refractivity contribution in [3.05, 3.63) is 52.8 Å². The number of likely N-dealkylation sites (tertiary alicyclic amines) is 1. The van der Waals surface area contributed by atoms with Crippen molar-refractivity contribution in [2.45, 2.75) is 39.8 Å². The number of aryl methyl sites for hydroxylation is 3. The number of rotatable bonds is 6. The van der Waals surface area contributed by atoms with Crippen molar-refractivity contribution in [3.63, 3.8) is 0 Å². The zero-order chi connectivity index (χ0) is 22.1. The average Bonchev–Trinajstić information content (AvgIpc) is 3.23. The van der Waals surface area contributed by atoms with Gasteiger partial charge in [-0.2, -0.15) is 5.10 Å². The van der Waals surface area contributed by atoms with Crippen LogP contribution in [0.1, 0.15) is 40.5 Å². The number of hydrogen-bond acceptors (Lipinski definition) is 6. The van der Waals surface area contributed by atoms with Gasteiger partial charge in [-0.1, -0.05) is 29.8 Å². The minimum absolute atomic E-state index is 0.0156. The zero-order valence-corrected chi connectivity index (χ0v) is 18.3. The molecule has 1 fully saturated rings. The van der Waals surface area contributed by atoms with E-state index in [9.17, 15) is 9.59 Å². The second kappa shape index (κ2) is 8.37. The maximum atomic E-state index is 13.1. The van der Waals surface area contributed by atoms with Gasteiger partial charge in [0.05, 0.1) is 23.4 Å². The van der Waals surface area contributed by atoms with Crippen molar-refractivity contribution in [1.29, 1.82) is 0 Å². The molecule has 0 spiro atoms. The van der Waals surface area contributed by atoms with Gasteiger partial charge >= 0.3 is 5.97 Å². The van der Waals surface area contributed by atoms with E-state index in [2.05, 4.69) is 27.5 Å². The van der Waals surface area contributed by atoms with Crippen LogP contribution in [-0.2, 0) is 23.1 Å². The standard InChI is InChI=1S/C23H27N5O3/c1-5-31-23(30)17-12-24-21-19(15(3)26-27(21)4)20(17)25-18-10-11-28(22(18)29)13-16-8-6-14(2)7-9-16/h6-9,12,18H,5,10-11,13H2,1-4H3,(H,24,25). The molecule has 3 heterocycles. The molecule has 1 saturated heterocycles. The van der Waals surface area contributed by atoms with E-state index in [4.69, 9.17) is 4.74 Å². The molecule has 1 aromatic carbocycles. The zero-order valence-electron chi connectivity index (χ0n) is 18.3. The summed E-state index contributed by atoms with van der Waals surface area (Å²) in [6.45, 7) is 7.15. The quantitative estimate of drug-likeness (QED) is 0.616. The van der Waals surface area contributed by atoms with Crippen molar-refractivity contribution in [1.82, 2.24) is 19.7 Å². The van der Waals surface area contributed by atoms with Crippen LogP contribution in [0.5, 0.6) is 0 Å². The first-order valence-electron chi connectivity index (χ1n) is 10.5. The minimum Gasteiger partial charge on any atom is -0.462 e. The molecule has 3 aromatic rings. The molecular formula is C23H27N5O3. The molecule has 1 amide bonds. The Kier molecular flexibility index (Phi) is 5.63. The lowest BCUT2D eigenvalue weighted by molar-refractivity contribution is -0.128. The summed E-state index contributed by atoms with van der Waals surface area (Å²) in [4.78, 5) is 32.0. The number of nitrogens with one attached hydrogen (secondary N) is 1. The Labute approximate surface area is 181 Å². The normalized spacial score (nSPS) is 16.2. The fraction of sp³-hybridized carbons (Fsp3) is 0.391. The van der Waals surface area contributed by atoms with Crippen LogP contribution in [0.25, 0.3) is 11.0 Å². The van der Waals surface area contributed by atoms with E-state index in [0.29, 0.717) is 36.4 Å². The number of fused-ring (bicyclic) bond motifs is 1. The summed E-state index contributed by atoms with van der Waals surface area (Å²) >= 11 is 0. The van der Waals surface area contributed by atoms with Gasteiger partial charge in [-0.05, 0) is 32.8 Å². The number of aromatic nitrogens is 3. The summed E-state index contributed by atoms with van der Waals surface area (Å²) in [5, 5.41) is 8.50. The predicted octanol–water partition coefficient (Wildman–Crippen LogP) is 2.97. The molecule has 1 atom stereocenters. The molecule has 0 bridgehead atoms. The van der Waals surface area contributed by atoms with Crippen molar-refractivity contribution in [2.24, 2.45) is 7.05 Å². The first-order chi connectivity index (χ1) is 14.9. The van der Waals surface area contributed by atoms with Gasteiger partial charge in [0.25, 0.3) is 0 Å². The monoisotopic (exact) mass is 421 g/mol. The summed E-state index contributed by atoms with van der Waals surface area (Å²) in [6.07, 6.45) is 2.14. The smallest absolute Gasteiger partial charge is 0.341 e. The topological polar surface area (TPSA) is 89.3 Å². The van der Waals surface area contributed by atoms with Gasteiger partial charge in [0.15, 0.2) is 5.65 Å². The number of carbonyl (C=O) groups excluding carboxylic acids is 2. The van der Waals surface area contributed by atoms with Gasteiger partial charge in [-0.3, -0.25) is 9.48 Å². The van der Waals surface area contributed by atoms with Crippen LogP contribution in [-0.4, -0.2) is 50.7 Å². The number of anilines is 1. The van der Waals surface area contributed by atoms with Crippen molar-refractivity contribution in [3.8, 4) is 0 Å². The first kappa shape index (κ1) is 20.8. The molecule has 8 nitrogen and oxygen atoms in total. The number of nitrogens with zero attached hydrogens (tertiary/aromatic N) is 4. The molecule has 8 heteroatoms. The lowest BCUT2D eigenvalue weighted by Crippen LogP contribution is -2.33. The number of benzene rings is 1. The fourth-order valence-corrected chi connectivity index (χ4v) is 4.04. The third-order valence-electron chi connectivity index (χ3n) is 5.63. The van der Waals surface area contributed by atoms with Gasteiger partial charge in [-0.15, -0.1) is 0 Å². The van der Waals surface area contributed by atoms with E-state index in [0.717, 1.165) is 16.6 Å². The highest BCUT2D eigenvalue weighted by molar-refractivity contribution is 6.06. The average molecular weight is 422 g/mol. The largest absolute Gasteiger partial charge is 0.462 e. The van der Waals surface area contributed by atoms with Crippen molar-refractivity contribution in [2.75, 3.05) is 18.5 Å². The number of hydrogen-bond donors (Lipinski definition) is 1. The molecule has 2 aromatic heterocycles. The molecule has 162 valence electrons. The SMILES string of the molecule is CCOC(=O)c1cnc2c(c(C)nn2C)c1NC1CCN(Cc2ccc(C)cc2)C1=O. The van der Waals surface area contributed by atoms with E-state index in [1.54, 1.807) is 18.7 Å². The van der Waals surface area contributed by atoms with E-state index < -0.39 is 12.0 Å². The highest BCUT2D eigenvalue weighted by atomic mass is 16.5. The number of esters is 1. The molecule has 1 aliphatic heterocycles. The van der Waals surface area contributed by atoms with Crippen LogP contribution in [0, 0.1) is 13.8 Å². The molecule has 31 heavy (non-hydrogen) atoms. The predicted molar refractivity (Wildman–Crippen MR) is 118 cm³/mol. The minimum atomic E-state index is -0.468. The van der Waals surface area contributed by atoms with Gasteiger partial charge in [-0.25, -0.2) is 9.78 Å². The summed E-state index contributed by atoms with van der Waals surface area (Å²) in [7, 11) is 1.81. The highest BCUT2D eigenvalue weighted by Gasteiger charge is 2.33. The summed E-state index contributed by atoms with van der Waals surface area (Å²) in [6, 6.07) is 7.77. The third-order valence-corrected chi connectivity index (χ3v) is 5.63. The van der Waals surface area contributed by atoms with Gasteiger partial charge in [0.1, 0.15) is 11.6 Å². The van der Waals surface area contributed by atoms with Crippen LogP contribution in [0.15, 0.2) is 30.5 Å². The highest BCUT2D eigenvalue weighted by Crippen LogP contribution is 2.31. The van der Waals surface area contributed by atoms with E-state index in [-0.39, 0.29) is 12.5 Å². The summed E-state index contributed by atoms with van der Waals surface area (Å²) < 4.78 is 6.90. The molecule has 1 aliphatic rings. The molecule has 0 aliphatic carbocycles. The van der Waals surface area contributed by atoms with Gasteiger partial charge in [0.2, 0.25) is 5.91 Å². The van der Waals surface area contributed by atoms with Crippen molar-refractivity contribution >= 4 is 28.6 Å². The van der Waals surface area contributed by atoms with Crippen LogP contribution in [0.3, 0.4) is 0 Å². The van der Waals surface area contributed by atoms with Crippen LogP contribution < -0.4 is 5.32 Å². The number of ether oxygens (including phenoxy) is 1. The third kappa shape index (κ3) is 3.97. The Morgan fingerprint density at radius 1 is 1.26 bits per heavy atom. The Hall–Kier alpha value is -3.42.